The Kier molecular flexibility index (Phi) is 5.93. The molecule has 3 aromatic rings. The number of rotatable bonds is 6. The van der Waals surface area contributed by atoms with Crippen LogP contribution < -0.4 is 20.1 Å². The molecule has 0 aromatic heterocycles. The first-order chi connectivity index (χ1) is 15.1. The van der Waals surface area contributed by atoms with E-state index in [4.69, 9.17) is 9.47 Å². The molecule has 1 aliphatic rings. The molecule has 6 nitrogen and oxygen atoms in total. The van der Waals surface area contributed by atoms with Gasteiger partial charge in [0.15, 0.2) is 11.5 Å². The van der Waals surface area contributed by atoms with Crippen LogP contribution in [0, 0.1) is 5.82 Å². The molecular formula is C24H19FN2O4. The molecule has 31 heavy (non-hydrogen) atoms. The molecule has 0 aliphatic carbocycles. The second-order valence-electron chi connectivity index (χ2n) is 6.79. The van der Waals surface area contributed by atoms with Gasteiger partial charge in [0, 0.05) is 12.6 Å². The number of anilines is 1. The monoisotopic (exact) mass is 418 g/mol. The Morgan fingerprint density at radius 1 is 0.968 bits per heavy atom. The van der Waals surface area contributed by atoms with Gasteiger partial charge in [-0.15, -0.1) is 0 Å². The van der Waals surface area contributed by atoms with Crippen LogP contribution in [0.1, 0.15) is 21.5 Å². The second-order valence-corrected chi connectivity index (χ2v) is 6.79. The van der Waals surface area contributed by atoms with Crippen molar-refractivity contribution in [3.63, 3.8) is 0 Å². The Morgan fingerprint density at radius 3 is 2.68 bits per heavy atom. The molecule has 1 aliphatic heterocycles. The highest BCUT2D eigenvalue weighted by Crippen LogP contribution is 2.32. The molecular weight excluding hydrogens is 399 g/mol. The molecule has 2 amide bonds. The molecule has 0 saturated heterocycles. The van der Waals surface area contributed by atoms with Gasteiger partial charge in [-0.3, -0.25) is 9.59 Å². The summed E-state index contributed by atoms with van der Waals surface area (Å²) in [5.74, 6) is 0.175. The van der Waals surface area contributed by atoms with Gasteiger partial charge in [0.2, 0.25) is 12.7 Å². The molecule has 0 radical (unpaired) electrons. The van der Waals surface area contributed by atoms with E-state index in [0.717, 1.165) is 5.56 Å². The average Bonchev–Trinajstić information content (AvgIpc) is 3.24. The minimum absolute atomic E-state index is 0.186. The van der Waals surface area contributed by atoms with Gasteiger partial charge < -0.3 is 20.1 Å². The molecule has 3 aromatic carbocycles. The summed E-state index contributed by atoms with van der Waals surface area (Å²) in [4.78, 5) is 25.0. The molecule has 0 saturated carbocycles. The Hall–Kier alpha value is -4.13. The first-order valence-electron chi connectivity index (χ1n) is 9.59. The number of nitrogens with one attached hydrogen (secondary N) is 2. The van der Waals surface area contributed by atoms with Crippen molar-refractivity contribution in [2.24, 2.45) is 0 Å². The Labute approximate surface area is 178 Å². The van der Waals surface area contributed by atoms with Crippen molar-refractivity contribution < 1.29 is 23.5 Å². The van der Waals surface area contributed by atoms with Gasteiger partial charge in [-0.2, -0.15) is 0 Å². The number of carbonyl (C=O) groups is 2. The van der Waals surface area contributed by atoms with Crippen LogP contribution in [-0.4, -0.2) is 18.6 Å². The fourth-order valence-corrected chi connectivity index (χ4v) is 3.08. The van der Waals surface area contributed by atoms with Gasteiger partial charge in [0.05, 0.1) is 11.3 Å². The van der Waals surface area contributed by atoms with Crippen LogP contribution in [0.25, 0.3) is 6.08 Å². The minimum atomic E-state index is -0.430. The number of hydrogen-bond donors (Lipinski definition) is 2. The van der Waals surface area contributed by atoms with Crippen LogP contribution in [0.4, 0.5) is 10.1 Å². The zero-order valence-corrected chi connectivity index (χ0v) is 16.4. The number of para-hydroxylation sites is 1. The van der Waals surface area contributed by atoms with Crippen molar-refractivity contribution >= 4 is 23.6 Å². The number of ether oxygens (including phenoxy) is 2. The summed E-state index contributed by atoms with van der Waals surface area (Å²) in [6.45, 7) is 0.475. The van der Waals surface area contributed by atoms with Crippen LogP contribution in [0.15, 0.2) is 72.8 Å². The summed E-state index contributed by atoms with van der Waals surface area (Å²) >= 11 is 0. The topological polar surface area (TPSA) is 76.7 Å². The molecule has 4 rings (SSSR count). The van der Waals surface area contributed by atoms with E-state index >= 15 is 0 Å². The number of benzene rings is 3. The Morgan fingerprint density at radius 2 is 1.81 bits per heavy atom. The number of fused-ring (bicyclic) bond motifs is 1. The van der Waals surface area contributed by atoms with Crippen LogP contribution in [0.5, 0.6) is 11.5 Å². The summed E-state index contributed by atoms with van der Waals surface area (Å²) < 4.78 is 23.9. The highest BCUT2D eigenvalue weighted by Gasteiger charge is 2.15. The average molecular weight is 418 g/mol. The van der Waals surface area contributed by atoms with E-state index in [1.807, 2.05) is 12.1 Å². The van der Waals surface area contributed by atoms with Gasteiger partial charge in [-0.25, -0.2) is 4.39 Å². The predicted molar refractivity (Wildman–Crippen MR) is 114 cm³/mol. The third-order valence-electron chi connectivity index (χ3n) is 4.60. The third-order valence-corrected chi connectivity index (χ3v) is 4.60. The lowest BCUT2D eigenvalue weighted by Gasteiger charge is -2.11. The molecule has 156 valence electrons. The lowest BCUT2D eigenvalue weighted by atomic mass is 10.1. The normalized spacial score (nSPS) is 12.0. The van der Waals surface area contributed by atoms with Gasteiger partial charge in [-0.05, 0) is 53.6 Å². The molecule has 0 bridgehead atoms. The Bertz CT molecular complexity index is 1160. The standard InChI is InChI=1S/C24H19FN2O4/c25-18-5-3-4-16(12-18)9-11-23(28)27-20-7-2-1-6-19(20)24(29)26-14-17-8-10-21-22(13-17)31-15-30-21/h1-13H,14-15H2,(H,26,29)(H,27,28). The molecule has 0 fully saturated rings. The molecule has 1 heterocycles. The van der Waals surface area contributed by atoms with Crippen molar-refractivity contribution in [3.05, 3.63) is 95.3 Å². The Balaban J connectivity index is 1.40. The van der Waals surface area contributed by atoms with Crippen molar-refractivity contribution in [3.8, 4) is 11.5 Å². The van der Waals surface area contributed by atoms with Gasteiger partial charge >= 0.3 is 0 Å². The maximum atomic E-state index is 13.2. The summed E-state index contributed by atoms with van der Waals surface area (Å²) in [7, 11) is 0. The zero-order valence-electron chi connectivity index (χ0n) is 16.4. The van der Waals surface area contributed by atoms with Crippen LogP contribution >= 0.6 is 0 Å². The van der Waals surface area contributed by atoms with Crippen molar-refractivity contribution in [1.82, 2.24) is 5.32 Å². The van der Waals surface area contributed by atoms with E-state index in [-0.39, 0.29) is 25.1 Å². The summed E-state index contributed by atoms with van der Waals surface area (Å²) in [5.41, 5.74) is 2.12. The van der Waals surface area contributed by atoms with Crippen LogP contribution in [0.2, 0.25) is 0 Å². The predicted octanol–water partition coefficient (Wildman–Crippen LogP) is 4.14. The van der Waals surface area contributed by atoms with E-state index in [1.54, 1.807) is 42.5 Å². The second kappa shape index (κ2) is 9.13. The van der Waals surface area contributed by atoms with Gasteiger partial charge in [-0.1, -0.05) is 30.3 Å². The summed E-state index contributed by atoms with van der Waals surface area (Å²) in [6.07, 6.45) is 2.79. The van der Waals surface area contributed by atoms with Gasteiger partial charge in [0.25, 0.3) is 5.91 Å². The number of hydrogen-bond acceptors (Lipinski definition) is 4. The lowest BCUT2D eigenvalue weighted by molar-refractivity contribution is -0.111. The maximum Gasteiger partial charge on any atom is 0.253 e. The minimum Gasteiger partial charge on any atom is -0.454 e. The van der Waals surface area contributed by atoms with E-state index in [1.165, 1.54) is 24.3 Å². The van der Waals surface area contributed by atoms with Crippen molar-refractivity contribution in [1.29, 1.82) is 0 Å². The van der Waals surface area contributed by atoms with E-state index in [9.17, 15) is 14.0 Å². The lowest BCUT2D eigenvalue weighted by Crippen LogP contribution is -2.24. The maximum absolute atomic E-state index is 13.2. The number of halogens is 1. The van der Waals surface area contributed by atoms with Crippen LogP contribution in [0.3, 0.4) is 0 Å². The van der Waals surface area contributed by atoms with Crippen LogP contribution in [-0.2, 0) is 11.3 Å². The fourth-order valence-electron chi connectivity index (χ4n) is 3.08. The highest BCUT2D eigenvalue weighted by molar-refractivity contribution is 6.07. The molecule has 0 unspecified atom stereocenters. The number of amides is 2. The first-order valence-corrected chi connectivity index (χ1v) is 9.59. The van der Waals surface area contributed by atoms with E-state index in [0.29, 0.717) is 28.3 Å². The molecule has 0 atom stereocenters. The summed E-state index contributed by atoms with van der Waals surface area (Å²) in [6, 6.07) is 18.1. The van der Waals surface area contributed by atoms with E-state index < -0.39 is 5.91 Å². The summed E-state index contributed by atoms with van der Waals surface area (Å²) in [5, 5.41) is 5.53. The molecule has 2 N–H and O–H groups in total. The largest absolute Gasteiger partial charge is 0.454 e. The quantitative estimate of drug-likeness (QED) is 0.590. The smallest absolute Gasteiger partial charge is 0.253 e. The zero-order chi connectivity index (χ0) is 21.6. The highest BCUT2D eigenvalue weighted by atomic mass is 19.1. The van der Waals surface area contributed by atoms with Gasteiger partial charge in [0.1, 0.15) is 5.82 Å². The molecule has 0 spiro atoms. The van der Waals surface area contributed by atoms with Crippen molar-refractivity contribution in [2.75, 3.05) is 12.1 Å². The third kappa shape index (κ3) is 5.08. The first kappa shape index (κ1) is 20.2. The SMILES string of the molecule is O=C(C=Cc1cccc(F)c1)Nc1ccccc1C(=O)NCc1ccc2c(c1)OCO2. The number of carbonyl (C=O) groups excluding carboxylic acids is 2. The fraction of sp³-hybridized carbons (Fsp3) is 0.0833. The molecule has 7 heteroatoms. The van der Waals surface area contributed by atoms with E-state index in [2.05, 4.69) is 10.6 Å². The van der Waals surface area contributed by atoms with Crippen molar-refractivity contribution in [2.45, 2.75) is 6.54 Å².